The van der Waals surface area contributed by atoms with Gasteiger partial charge in [-0.25, -0.2) is 4.98 Å². The van der Waals surface area contributed by atoms with Gasteiger partial charge < -0.3 is 9.47 Å². The lowest BCUT2D eigenvalue weighted by atomic mass is 9.86. The van der Waals surface area contributed by atoms with Crippen LogP contribution < -0.4 is 4.90 Å². The van der Waals surface area contributed by atoms with Crippen molar-refractivity contribution in [2.75, 3.05) is 18.0 Å². The van der Waals surface area contributed by atoms with Crippen LogP contribution in [0.3, 0.4) is 0 Å². The number of pyridine rings is 1. The number of aromatic nitrogens is 3. The summed E-state index contributed by atoms with van der Waals surface area (Å²) in [7, 11) is 2.02. The molecule has 0 radical (unpaired) electrons. The Morgan fingerprint density at radius 1 is 1.22 bits per heavy atom. The van der Waals surface area contributed by atoms with Gasteiger partial charge in [-0.2, -0.15) is 5.26 Å². The fraction of sp³-hybridized carbons (Fsp3) is 0.409. The summed E-state index contributed by atoms with van der Waals surface area (Å²) >= 11 is 0. The van der Waals surface area contributed by atoms with Crippen molar-refractivity contribution < 1.29 is 0 Å². The first-order valence-electron chi connectivity index (χ1n) is 9.63. The Hall–Kier alpha value is -2.87. The van der Waals surface area contributed by atoms with Crippen LogP contribution in [0.2, 0.25) is 0 Å². The first kappa shape index (κ1) is 17.5. The van der Waals surface area contributed by atoms with Crippen molar-refractivity contribution in [1.82, 2.24) is 14.5 Å². The lowest BCUT2D eigenvalue weighted by Crippen LogP contribution is -2.40. The lowest BCUT2D eigenvalue weighted by Gasteiger charge is -2.38. The minimum atomic E-state index is 0.645. The van der Waals surface area contributed by atoms with Crippen molar-refractivity contribution >= 4 is 16.6 Å². The summed E-state index contributed by atoms with van der Waals surface area (Å²) in [6.45, 7) is 4.44. The van der Waals surface area contributed by atoms with Crippen LogP contribution in [0.5, 0.6) is 0 Å². The van der Waals surface area contributed by atoms with Crippen LogP contribution in [0.4, 0.5) is 5.69 Å². The van der Waals surface area contributed by atoms with Crippen molar-refractivity contribution in [3.8, 4) is 6.07 Å². The second-order valence-corrected chi connectivity index (χ2v) is 7.82. The number of hydrogen-bond acceptors (Lipinski definition) is 4. The van der Waals surface area contributed by atoms with Crippen LogP contribution >= 0.6 is 0 Å². The highest BCUT2D eigenvalue weighted by Crippen LogP contribution is 2.33. The second-order valence-electron chi connectivity index (χ2n) is 7.82. The zero-order chi connectivity index (χ0) is 18.8. The first-order valence-corrected chi connectivity index (χ1v) is 9.63. The largest absolute Gasteiger partial charge is 0.370 e. The van der Waals surface area contributed by atoms with Gasteiger partial charge in [-0.15, -0.1) is 0 Å². The Morgan fingerprint density at radius 3 is 2.89 bits per heavy atom. The molecule has 138 valence electrons. The van der Waals surface area contributed by atoms with Crippen LogP contribution in [-0.2, 0) is 13.5 Å². The quantitative estimate of drug-likeness (QED) is 0.708. The summed E-state index contributed by atoms with van der Waals surface area (Å²) in [6.07, 6.45) is 9.20. The van der Waals surface area contributed by atoms with Gasteiger partial charge in [-0.3, -0.25) is 4.98 Å². The molecule has 5 heteroatoms. The zero-order valence-electron chi connectivity index (χ0n) is 16.0. The predicted octanol–water partition coefficient (Wildman–Crippen LogP) is 3.94. The number of piperidine rings is 1. The van der Waals surface area contributed by atoms with Gasteiger partial charge in [-0.1, -0.05) is 6.92 Å². The summed E-state index contributed by atoms with van der Waals surface area (Å²) in [4.78, 5) is 11.4. The molecular weight excluding hydrogens is 334 g/mol. The predicted molar refractivity (Wildman–Crippen MR) is 107 cm³/mol. The summed E-state index contributed by atoms with van der Waals surface area (Å²) in [5.41, 5.74) is 3.83. The van der Waals surface area contributed by atoms with E-state index in [-0.39, 0.29) is 0 Å². The fourth-order valence-corrected chi connectivity index (χ4v) is 4.36. The third-order valence-electron chi connectivity index (χ3n) is 5.52. The van der Waals surface area contributed by atoms with Crippen molar-refractivity contribution in [1.29, 1.82) is 5.26 Å². The number of benzene rings is 1. The maximum absolute atomic E-state index is 9.39. The van der Waals surface area contributed by atoms with Gasteiger partial charge in [0.15, 0.2) is 0 Å². The van der Waals surface area contributed by atoms with E-state index >= 15 is 0 Å². The molecule has 0 bridgehead atoms. The number of anilines is 1. The fourth-order valence-electron chi connectivity index (χ4n) is 4.36. The van der Waals surface area contributed by atoms with E-state index in [0.29, 0.717) is 17.4 Å². The molecule has 1 aliphatic rings. The van der Waals surface area contributed by atoms with Crippen LogP contribution in [0, 0.1) is 23.2 Å². The molecule has 2 aromatic heterocycles. The summed E-state index contributed by atoms with van der Waals surface area (Å²) < 4.78 is 2.01. The third kappa shape index (κ3) is 3.66. The monoisotopic (exact) mass is 359 g/mol. The molecule has 1 fully saturated rings. The molecule has 27 heavy (non-hydrogen) atoms. The van der Waals surface area contributed by atoms with Crippen LogP contribution in [0.15, 0.2) is 43.0 Å². The molecule has 3 aromatic rings. The minimum absolute atomic E-state index is 0.645. The Bertz CT molecular complexity index is 984. The summed E-state index contributed by atoms with van der Waals surface area (Å²) in [5, 5.41) is 10.5. The molecule has 0 unspecified atom stereocenters. The summed E-state index contributed by atoms with van der Waals surface area (Å²) in [5.74, 6) is 1.30. The molecule has 0 spiro atoms. The lowest BCUT2D eigenvalue weighted by molar-refractivity contribution is 0.320. The van der Waals surface area contributed by atoms with Gasteiger partial charge in [0.25, 0.3) is 0 Å². The van der Waals surface area contributed by atoms with Gasteiger partial charge in [0, 0.05) is 43.6 Å². The van der Waals surface area contributed by atoms with E-state index in [0.717, 1.165) is 36.8 Å². The van der Waals surface area contributed by atoms with E-state index in [4.69, 9.17) is 0 Å². The smallest absolute Gasteiger partial charge is 0.101 e. The van der Waals surface area contributed by atoms with Crippen LogP contribution in [0.1, 0.15) is 31.0 Å². The van der Waals surface area contributed by atoms with E-state index in [1.165, 1.54) is 17.8 Å². The highest BCUT2D eigenvalue weighted by molar-refractivity contribution is 5.95. The van der Waals surface area contributed by atoms with Gasteiger partial charge in [0.1, 0.15) is 6.07 Å². The van der Waals surface area contributed by atoms with Gasteiger partial charge in [0.2, 0.25) is 0 Å². The molecule has 1 saturated heterocycles. The van der Waals surface area contributed by atoms with Crippen molar-refractivity contribution in [2.24, 2.45) is 18.9 Å². The SMILES string of the molecule is C[C@H]1C[C@@H](CCc2cn(C)cn2)CN(c2ccc(C#N)c3ncccc23)C1. The molecule has 0 amide bonds. The second kappa shape index (κ2) is 7.40. The molecule has 5 nitrogen and oxygen atoms in total. The standard InChI is InChI=1S/C22H25N5/c1-16-10-17(5-7-19-14-26(2)15-25-19)13-27(12-16)21-8-6-18(11-23)22-20(21)4-3-9-24-22/h3-4,6,8-9,14-17H,5,7,10,12-13H2,1-2H3/t16-,17+/m0/s1. The molecule has 3 heterocycles. The molecule has 0 N–H and O–H groups in total. The number of fused-ring (bicyclic) bond motifs is 1. The Morgan fingerprint density at radius 2 is 2.11 bits per heavy atom. The number of aryl methyl sites for hydroxylation is 2. The molecule has 2 atom stereocenters. The number of nitriles is 1. The number of imidazole rings is 1. The minimum Gasteiger partial charge on any atom is -0.370 e. The highest BCUT2D eigenvalue weighted by Gasteiger charge is 2.26. The van der Waals surface area contributed by atoms with E-state index < -0.39 is 0 Å². The van der Waals surface area contributed by atoms with Crippen molar-refractivity contribution in [3.05, 3.63) is 54.2 Å². The van der Waals surface area contributed by atoms with E-state index in [1.807, 2.05) is 30.1 Å². The van der Waals surface area contributed by atoms with Crippen molar-refractivity contribution in [3.63, 3.8) is 0 Å². The zero-order valence-corrected chi connectivity index (χ0v) is 16.0. The Kier molecular flexibility index (Phi) is 4.81. The highest BCUT2D eigenvalue weighted by atomic mass is 15.1. The molecule has 4 rings (SSSR count). The van der Waals surface area contributed by atoms with Gasteiger partial charge in [-0.05, 0) is 55.4 Å². The average Bonchev–Trinajstić information content (AvgIpc) is 3.10. The van der Waals surface area contributed by atoms with E-state index in [2.05, 4.69) is 46.2 Å². The number of hydrogen-bond donors (Lipinski definition) is 0. The first-order chi connectivity index (χ1) is 13.1. The topological polar surface area (TPSA) is 57.7 Å². The normalized spacial score (nSPS) is 20.0. The maximum atomic E-state index is 9.39. The van der Waals surface area contributed by atoms with Gasteiger partial charge >= 0.3 is 0 Å². The third-order valence-corrected chi connectivity index (χ3v) is 5.52. The molecule has 0 saturated carbocycles. The van der Waals surface area contributed by atoms with E-state index in [1.54, 1.807) is 6.20 Å². The molecule has 1 aromatic carbocycles. The average molecular weight is 359 g/mol. The molecule has 0 aliphatic carbocycles. The van der Waals surface area contributed by atoms with Gasteiger partial charge in [0.05, 0.1) is 23.1 Å². The Labute approximate surface area is 160 Å². The number of nitrogens with zero attached hydrogens (tertiary/aromatic N) is 5. The van der Waals surface area contributed by atoms with Crippen LogP contribution in [0.25, 0.3) is 10.9 Å². The summed E-state index contributed by atoms with van der Waals surface area (Å²) in [6, 6.07) is 10.3. The Balaban J connectivity index is 1.56. The molecular formula is C22H25N5. The molecule has 1 aliphatic heterocycles. The number of rotatable bonds is 4. The van der Waals surface area contributed by atoms with Crippen LogP contribution in [-0.4, -0.2) is 27.6 Å². The van der Waals surface area contributed by atoms with Crippen molar-refractivity contribution in [2.45, 2.75) is 26.2 Å². The maximum Gasteiger partial charge on any atom is 0.101 e. The van der Waals surface area contributed by atoms with E-state index in [9.17, 15) is 5.26 Å².